The third kappa shape index (κ3) is 2.78. The number of thiophene rings is 1. The summed E-state index contributed by atoms with van der Waals surface area (Å²) in [6.45, 7) is 2.59. The molecule has 3 heterocycles. The van der Waals surface area contributed by atoms with Gasteiger partial charge < -0.3 is 9.80 Å². The van der Waals surface area contributed by atoms with Crippen LogP contribution in [0.3, 0.4) is 0 Å². The van der Waals surface area contributed by atoms with Crippen LogP contribution in [-0.2, 0) is 16.0 Å². The molecule has 0 bridgehead atoms. The van der Waals surface area contributed by atoms with Gasteiger partial charge in [-0.05, 0) is 42.7 Å². The van der Waals surface area contributed by atoms with Crippen molar-refractivity contribution in [2.75, 3.05) is 20.1 Å². The number of amides is 4. The summed E-state index contributed by atoms with van der Waals surface area (Å²) >= 11 is 1.74. The molecule has 2 fully saturated rings. The number of carbonyl (C=O) groups excluding carboxylic acids is 3. The topological polar surface area (TPSA) is 60.9 Å². The van der Waals surface area contributed by atoms with Gasteiger partial charge >= 0.3 is 6.03 Å². The first-order valence-corrected chi connectivity index (χ1v) is 10.8. The monoisotopic (exact) mass is 389 g/mol. The Morgan fingerprint density at radius 3 is 2.70 bits per heavy atom. The zero-order chi connectivity index (χ0) is 19.2. The smallest absolute Gasteiger partial charge is 0.327 e. The molecule has 1 aromatic heterocycles. The fourth-order valence-corrected chi connectivity index (χ4v) is 5.96. The number of hydrogen-bond acceptors (Lipinski definition) is 4. The van der Waals surface area contributed by atoms with Gasteiger partial charge in [-0.1, -0.05) is 26.2 Å². The maximum Gasteiger partial charge on any atom is 0.327 e. The molecule has 0 aromatic carbocycles. The Hall–Kier alpha value is -1.89. The maximum atomic E-state index is 13.1. The Bertz CT molecular complexity index is 768. The molecule has 1 unspecified atom stereocenters. The third-order valence-corrected chi connectivity index (χ3v) is 7.58. The van der Waals surface area contributed by atoms with Crippen molar-refractivity contribution in [1.29, 1.82) is 0 Å². The van der Waals surface area contributed by atoms with Crippen LogP contribution in [0.4, 0.5) is 4.79 Å². The zero-order valence-corrected chi connectivity index (χ0v) is 16.9. The van der Waals surface area contributed by atoms with Crippen molar-refractivity contribution >= 4 is 29.2 Å². The molecule has 1 aliphatic carbocycles. The van der Waals surface area contributed by atoms with Gasteiger partial charge in [0.05, 0.1) is 6.04 Å². The van der Waals surface area contributed by atoms with E-state index in [9.17, 15) is 14.4 Å². The minimum Gasteiger partial charge on any atom is -0.334 e. The second kappa shape index (κ2) is 6.93. The molecule has 4 rings (SSSR count). The van der Waals surface area contributed by atoms with Crippen LogP contribution in [0.1, 0.15) is 61.9 Å². The summed E-state index contributed by atoms with van der Waals surface area (Å²) in [5.41, 5.74) is 0.504. The highest BCUT2D eigenvalue weighted by Crippen LogP contribution is 2.40. The number of nitrogens with zero attached hydrogens (tertiary/aromatic N) is 3. The van der Waals surface area contributed by atoms with Crippen LogP contribution in [0.2, 0.25) is 0 Å². The van der Waals surface area contributed by atoms with E-state index in [0.717, 1.165) is 32.1 Å². The van der Waals surface area contributed by atoms with E-state index in [-0.39, 0.29) is 30.4 Å². The molecule has 4 amide bonds. The molecular weight excluding hydrogens is 362 g/mol. The van der Waals surface area contributed by atoms with Gasteiger partial charge in [-0.3, -0.25) is 14.5 Å². The Balaban J connectivity index is 1.53. The van der Waals surface area contributed by atoms with Gasteiger partial charge in [0, 0.05) is 18.5 Å². The Morgan fingerprint density at radius 1 is 1.26 bits per heavy atom. The molecule has 7 heteroatoms. The summed E-state index contributed by atoms with van der Waals surface area (Å²) in [4.78, 5) is 45.0. The lowest BCUT2D eigenvalue weighted by Crippen LogP contribution is -2.50. The van der Waals surface area contributed by atoms with Gasteiger partial charge in [0.25, 0.3) is 5.91 Å². The van der Waals surface area contributed by atoms with Crippen LogP contribution in [0.5, 0.6) is 0 Å². The number of fused-ring (bicyclic) bond motifs is 1. The van der Waals surface area contributed by atoms with Gasteiger partial charge in [0.2, 0.25) is 5.91 Å². The summed E-state index contributed by atoms with van der Waals surface area (Å²) in [5.74, 6) is -0.300. The molecule has 1 atom stereocenters. The van der Waals surface area contributed by atoms with Crippen LogP contribution in [0, 0.1) is 0 Å². The average molecular weight is 390 g/mol. The van der Waals surface area contributed by atoms with Gasteiger partial charge in [-0.2, -0.15) is 0 Å². The van der Waals surface area contributed by atoms with Crippen LogP contribution in [0.15, 0.2) is 11.4 Å². The lowest BCUT2D eigenvalue weighted by Gasteiger charge is -2.36. The van der Waals surface area contributed by atoms with Gasteiger partial charge in [-0.15, -0.1) is 11.3 Å². The van der Waals surface area contributed by atoms with Crippen LogP contribution in [-0.4, -0.2) is 58.2 Å². The molecule has 1 aromatic rings. The first-order valence-electron chi connectivity index (χ1n) is 9.95. The molecule has 3 aliphatic rings. The third-order valence-electron chi connectivity index (χ3n) is 6.58. The van der Waals surface area contributed by atoms with Crippen LogP contribution >= 0.6 is 11.3 Å². The molecule has 1 spiro atoms. The van der Waals surface area contributed by atoms with Gasteiger partial charge in [0.15, 0.2) is 0 Å². The second-order valence-corrected chi connectivity index (χ2v) is 8.89. The van der Waals surface area contributed by atoms with E-state index in [1.54, 1.807) is 23.3 Å². The van der Waals surface area contributed by atoms with Crippen molar-refractivity contribution in [3.63, 3.8) is 0 Å². The Kier molecular flexibility index (Phi) is 4.74. The van der Waals surface area contributed by atoms with E-state index in [2.05, 4.69) is 18.4 Å². The minimum absolute atomic E-state index is 0.0432. The number of likely N-dealkylation sites (N-methyl/N-ethyl adjacent to an activating group) is 1. The molecule has 0 N–H and O–H groups in total. The summed E-state index contributed by atoms with van der Waals surface area (Å²) in [7, 11) is 1.71. The van der Waals surface area contributed by atoms with Crippen molar-refractivity contribution < 1.29 is 14.4 Å². The van der Waals surface area contributed by atoms with E-state index in [0.29, 0.717) is 19.4 Å². The van der Waals surface area contributed by atoms with Crippen molar-refractivity contribution in [2.24, 2.45) is 0 Å². The lowest BCUT2D eigenvalue weighted by molar-refractivity contribution is -0.142. The summed E-state index contributed by atoms with van der Waals surface area (Å²) in [6.07, 6.45) is 6.11. The molecule has 2 aliphatic heterocycles. The van der Waals surface area contributed by atoms with Crippen LogP contribution < -0.4 is 0 Å². The number of urea groups is 1. The largest absolute Gasteiger partial charge is 0.334 e. The van der Waals surface area contributed by atoms with Gasteiger partial charge in [0.1, 0.15) is 12.1 Å². The van der Waals surface area contributed by atoms with E-state index >= 15 is 0 Å². The summed E-state index contributed by atoms with van der Waals surface area (Å²) in [6, 6.07) is 1.82. The molecule has 27 heavy (non-hydrogen) atoms. The molecule has 0 radical (unpaired) electrons. The summed E-state index contributed by atoms with van der Waals surface area (Å²) < 4.78 is 0. The Labute approximate surface area is 164 Å². The van der Waals surface area contributed by atoms with E-state index < -0.39 is 5.54 Å². The maximum absolute atomic E-state index is 13.1. The van der Waals surface area contributed by atoms with E-state index in [4.69, 9.17) is 0 Å². The quantitative estimate of drug-likeness (QED) is 0.746. The normalized spacial score (nSPS) is 24.7. The fraction of sp³-hybridized carbons (Fsp3) is 0.650. The van der Waals surface area contributed by atoms with Crippen molar-refractivity contribution in [1.82, 2.24) is 14.7 Å². The lowest BCUT2D eigenvalue weighted by atomic mass is 9.81. The average Bonchev–Trinajstić information content (AvgIpc) is 3.23. The fourth-order valence-electron chi connectivity index (χ4n) is 5.03. The predicted octanol–water partition coefficient (Wildman–Crippen LogP) is 3.18. The standard InChI is InChI=1S/C20H27N3O3S/c1-3-15-14-8-12-27-16(14)7-11-22(15)17(24)13-23-18(25)20(21(2)19(23)26)9-5-4-6-10-20/h8,12,15H,3-7,9-11,13H2,1-2H3. The molecular formula is C20H27N3O3S. The first kappa shape index (κ1) is 18.5. The van der Waals surface area contributed by atoms with Gasteiger partial charge in [-0.25, -0.2) is 4.79 Å². The minimum atomic E-state index is -0.720. The number of imide groups is 1. The highest BCUT2D eigenvalue weighted by molar-refractivity contribution is 7.10. The predicted molar refractivity (Wildman–Crippen MR) is 103 cm³/mol. The second-order valence-electron chi connectivity index (χ2n) is 7.89. The van der Waals surface area contributed by atoms with E-state index in [1.807, 2.05) is 4.90 Å². The van der Waals surface area contributed by atoms with Crippen molar-refractivity contribution in [2.45, 2.75) is 63.5 Å². The van der Waals surface area contributed by atoms with Crippen LogP contribution in [0.25, 0.3) is 0 Å². The first-order chi connectivity index (χ1) is 13.0. The molecule has 1 saturated heterocycles. The highest BCUT2D eigenvalue weighted by Gasteiger charge is 2.56. The molecule has 1 saturated carbocycles. The number of carbonyl (C=O) groups is 3. The molecule has 146 valence electrons. The highest BCUT2D eigenvalue weighted by atomic mass is 32.1. The van der Waals surface area contributed by atoms with E-state index in [1.165, 1.54) is 15.3 Å². The molecule has 6 nitrogen and oxygen atoms in total. The van der Waals surface area contributed by atoms with Crippen molar-refractivity contribution in [3.8, 4) is 0 Å². The SMILES string of the molecule is CCC1c2ccsc2CCN1C(=O)CN1C(=O)N(C)C2(CCCCC2)C1=O. The summed E-state index contributed by atoms with van der Waals surface area (Å²) in [5, 5.41) is 2.08. The number of hydrogen-bond donors (Lipinski definition) is 0. The number of rotatable bonds is 3. The van der Waals surface area contributed by atoms with Crippen molar-refractivity contribution in [3.05, 3.63) is 21.9 Å². The Morgan fingerprint density at radius 2 is 2.00 bits per heavy atom. The zero-order valence-electron chi connectivity index (χ0n) is 16.1.